The van der Waals surface area contributed by atoms with Crippen LogP contribution in [0, 0.1) is 5.92 Å². The molecule has 1 aliphatic heterocycles. The second kappa shape index (κ2) is 16.9. The van der Waals surface area contributed by atoms with E-state index in [1.165, 1.54) is 27.0 Å². The second-order valence-electron chi connectivity index (χ2n) is 11.9. The molecule has 0 saturated carbocycles. The Hall–Kier alpha value is -3.61. The number of ketones is 1. The highest BCUT2D eigenvalue weighted by Gasteiger charge is 2.26. The fourth-order valence-electron chi connectivity index (χ4n) is 4.05. The zero-order valence-corrected chi connectivity index (χ0v) is 26.4. The molecule has 1 atom stereocenters. The number of ether oxygens (including phenoxy) is 1. The molecule has 0 spiro atoms. The monoisotopic (exact) mass is 602 g/mol. The number of carbonyl (C=O) groups excluding carboxylic acids is 5. The normalized spacial score (nSPS) is 14.0. The van der Waals surface area contributed by atoms with Crippen LogP contribution in [0.4, 0.5) is 4.79 Å². The molecule has 1 aromatic carbocycles. The predicted molar refractivity (Wildman–Crippen MR) is 159 cm³/mol. The quantitative estimate of drug-likeness (QED) is 0.0932. The smallest absolute Gasteiger partial charge is 0.410 e. The molecule has 43 heavy (non-hydrogen) atoms. The highest BCUT2D eigenvalue weighted by molar-refractivity contribution is 6.12. The van der Waals surface area contributed by atoms with Gasteiger partial charge in [-0.25, -0.2) is 9.68 Å². The van der Waals surface area contributed by atoms with Crippen LogP contribution in [0.15, 0.2) is 36.4 Å². The minimum absolute atomic E-state index is 0.113. The highest BCUT2D eigenvalue weighted by atomic mass is 17.3. The number of Topliss-reactive ketones (excluding diaryl/α,β-unsaturated/α-hetero) is 1. The van der Waals surface area contributed by atoms with Gasteiger partial charge in [0.2, 0.25) is 5.91 Å². The van der Waals surface area contributed by atoms with Crippen LogP contribution in [-0.2, 0) is 35.6 Å². The fraction of sp³-hybridized carbons (Fsp3) is 0.581. The summed E-state index contributed by atoms with van der Waals surface area (Å²) in [7, 11) is 3.33. The number of nitrogens with zero attached hydrogens (tertiary/aromatic N) is 3. The Labute approximate surface area is 254 Å². The van der Waals surface area contributed by atoms with Crippen LogP contribution in [0.2, 0.25) is 0 Å². The number of nitrogens with one attached hydrogen (secondary N) is 1. The summed E-state index contributed by atoms with van der Waals surface area (Å²) in [5.41, 5.74) is 0.690. The van der Waals surface area contributed by atoms with Crippen molar-refractivity contribution in [2.75, 3.05) is 33.7 Å². The molecule has 2 rings (SSSR count). The van der Waals surface area contributed by atoms with Crippen LogP contribution < -0.4 is 5.32 Å². The van der Waals surface area contributed by atoms with Gasteiger partial charge < -0.3 is 15.0 Å². The molecule has 1 N–H and O–H groups in total. The largest absolute Gasteiger partial charge is 0.444 e. The second-order valence-corrected chi connectivity index (χ2v) is 11.9. The topological polar surface area (TPSA) is 135 Å². The Morgan fingerprint density at radius 1 is 0.930 bits per heavy atom. The van der Waals surface area contributed by atoms with E-state index in [-0.39, 0.29) is 42.5 Å². The third-order valence-electron chi connectivity index (χ3n) is 6.55. The highest BCUT2D eigenvalue weighted by Crippen LogP contribution is 2.15. The van der Waals surface area contributed by atoms with Gasteiger partial charge in [-0.2, -0.15) is 5.06 Å². The van der Waals surface area contributed by atoms with Crippen molar-refractivity contribution in [3.8, 4) is 0 Å². The molecule has 1 aromatic rings. The van der Waals surface area contributed by atoms with Crippen LogP contribution in [0.5, 0.6) is 0 Å². The van der Waals surface area contributed by atoms with Crippen molar-refractivity contribution < 1.29 is 38.6 Å². The van der Waals surface area contributed by atoms with E-state index in [4.69, 9.17) is 14.6 Å². The third kappa shape index (κ3) is 12.7. The molecule has 1 heterocycles. The van der Waals surface area contributed by atoms with Crippen molar-refractivity contribution >= 4 is 29.6 Å². The summed E-state index contributed by atoms with van der Waals surface area (Å²) in [5.74, 6) is -1.12. The minimum atomic E-state index is -0.670. The fourth-order valence-corrected chi connectivity index (χ4v) is 4.05. The van der Waals surface area contributed by atoms with Crippen LogP contribution in [0.1, 0.15) is 76.2 Å². The van der Waals surface area contributed by atoms with Gasteiger partial charge >= 0.3 is 6.09 Å². The Kier molecular flexibility index (Phi) is 14.0. The van der Waals surface area contributed by atoms with Crippen molar-refractivity contribution in [1.82, 2.24) is 20.2 Å². The first-order valence-electron chi connectivity index (χ1n) is 14.6. The van der Waals surface area contributed by atoms with E-state index in [2.05, 4.69) is 5.32 Å². The van der Waals surface area contributed by atoms with E-state index < -0.39 is 17.7 Å². The van der Waals surface area contributed by atoms with Gasteiger partial charge in [0.05, 0.1) is 6.04 Å². The summed E-state index contributed by atoms with van der Waals surface area (Å²) in [6.07, 6.45) is 4.22. The standard InChI is InChI=1S/C31H46N4O8/c1-22(2)28(32-25(36)11-9-8-10-18-35-26(37)16-17-27(35)38)29(39)24-14-12-23(13-15-24)21-41-43-34(7)20-19-33(6)30(40)42-31(3,4)5/h12-17,22,28H,8-11,18-21H2,1-7H3,(H,32,36)/t28-/m0/s1. The van der Waals surface area contributed by atoms with Gasteiger partial charge in [0.1, 0.15) is 12.2 Å². The Balaban J connectivity index is 1.72. The average molecular weight is 603 g/mol. The van der Waals surface area contributed by atoms with Gasteiger partial charge in [0, 0.05) is 57.9 Å². The number of benzene rings is 1. The molecule has 0 fully saturated rings. The van der Waals surface area contributed by atoms with Gasteiger partial charge in [-0.3, -0.25) is 24.1 Å². The average Bonchev–Trinajstić information content (AvgIpc) is 3.25. The van der Waals surface area contributed by atoms with E-state index in [9.17, 15) is 24.0 Å². The number of hydrogen-bond acceptors (Lipinski definition) is 9. The molecule has 0 aliphatic carbocycles. The number of hydrogen-bond donors (Lipinski definition) is 1. The van der Waals surface area contributed by atoms with Gasteiger partial charge in [-0.05, 0) is 45.1 Å². The zero-order chi connectivity index (χ0) is 32.2. The molecule has 1 aliphatic rings. The summed E-state index contributed by atoms with van der Waals surface area (Å²) in [5, 5.41) is 4.32. The lowest BCUT2D eigenvalue weighted by molar-refractivity contribution is -0.426. The summed E-state index contributed by atoms with van der Waals surface area (Å²) in [6, 6.07) is 6.24. The van der Waals surface area contributed by atoms with Gasteiger partial charge in [0.25, 0.3) is 11.8 Å². The number of amides is 4. The molecule has 0 saturated heterocycles. The molecular weight excluding hydrogens is 556 g/mol. The molecule has 12 nitrogen and oxygen atoms in total. The Morgan fingerprint density at radius 3 is 2.14 bits per heavy atom. The minimum Gasteiger partial charge on any atom is -0.444 e. The third-order valence-corrected chi connectivity index (χ3v) is 6.55. The Morgan fingerprint density at radius 2 is 1.56 bits per heavy atom. The molecule has 0 unspecified atom stereocenters. The SMILES string of the molecule is CC(C)[C@H](NC(=O)CCCCCN1C(=O)C=CC1=O)C(=O)c1ccc(COON(C)CCN(C)C(=O)OC(C)(C)C)cc1. The molecule has 0 bridgehead atoms. The molecule has 4 amide bonds. The number of imide groups is 1. The van der Waals surface area contributed by atoms with Crippen molar-refractivity contribution in [2.45, 2.75) is 78.6 Å². The summed E-state index contributed by atoms with van der Waals surface area (Å²) < 4.78 is 5.32. The zero-order valence-electron chi connectivity index (χ0n) is 26.4. The first kappa shape index (κ1) is 35.6. The lowest BCUT2D eigenvalue weighted by atomic mass is 9.94. The van der Waals surface area contributed by atoms with Crippen LogP contribution in [-0.4, -0.2) is 89.8 Å². The van der Waals surface area contributed by atoms with Crippen LogP contribution >= 0.6 is 0 Å². The summed E-state index contributed by atoms with van der Waals surface area (Å²) in [4.78, 5) is 74.2. The van der Waals surface area contributed by atoms with Gasteiger partial charge in [-0.1, -0.05) is 44.5 Å². The van der Waals surface area contributed by atoms with Gasteiger partial charge in [-0.15, -0.1) is 4.99 Å². The van der Waals surface area contributed by atoms with Crippen molar-refractivity contribution in [1.29, 1.82) is 0 Å². The van der Waals surface area contributed by atoms with Crippen LogP contribution in [0.25, 0.3) is 0 Å². The van der Waals surface area contributed by atoms with E-state index in [1.54, 1.807) is 38.4 Å². The Bertz CT molecular complexity index is 1130. The predicted octanol–water partition coefficient (Wildman–Crippen LogP) is 3.66. The lowest BCUT2D eigenvalue weighted by Gasteiger charge is -2.25. The summed E-state index contributed by atoms with van der Waals surface area (Å²) in [6.45, 7) is 10.4. The van der Waals surface area contributed by atoms with Crippen LogP contribution in [0.3, 0.4) is 0 Å². The van der Waals surface area contributed by atoms with Crippen molar-refractivity contribution in [2.24, 2.45) is 5.92 Å². The van der Waals surface area contributed by atoms with Gasteiger partial charge in [0.15, 0.2) is 5.78 Å². The lowest BCUT2D eigenvalue weighted by Crippen LogP contribution is -2.44. The van der Waals surface area contributed by atoms with E-state index in [1.807, 2.05) is 34.6 Å². The number of likely N-dealkylation sites (N-methyl/N-ethyl adjacent to an activating group) is 2. The summed E-state index contributed by atoms with van der Waals surface area (Å²) >= 11 is 0. The molecular formula is C31H46N4O8. The molecule has 0 aromatic heterocycles. The molecule has 0 radical (unpaired) electrons. The number of carbonyl (C=O) groups is 5. The first-order chi connectivity index (χ1) is 20.2. The van der Waals surface area contributed by atoms with Crippen molar-refractivity contribution in [3.05, 3.63) is 47.5 Å². The van der Waals surface area contributed by atoms with E-state index >= 15 is 0 Å². The number of rotatable bonds is 17. The van der Waals surface area contributed by atoms with E-state index in [0.717, 1.165) is 5.56 Å². The maximum atomic E-state index is 13.2. The molecule has 12 heteroatoms. The molecule has 238 valence electrons. The van der Waals surface area contributed by atoms with E-state index in [0.29, 0.717) is 44.5 Å². The first-order valence-corrected chi connectivity index (χ1v) is 14.6. The number of unbranched alkanes of at least 4 members (excludes halogenated alkanes) is 2. The number of hydroxylamine groups is 2. The maximum Gasteiger partial charge on any atom is 0.410 e. The van der Waals surface area contributed by atoms with Crippen molar-refractivity contribution in [3.63, 3.8) is 0 Å². The maximum absolute atomic E-state index is 13.2.